The zero-order chi connectivity index (χ0) is 12.8. The van der Waals surface area contributed by atoms with E-state index in [9.17, 15) is 4.79 Å². The van der Waals surface area contributed by atoms with Crippen LogP contribution in [-0.4, -0.2) is 37.2 Å². The van der Waals surface area contributed by atoms with Gasteiger partial charge in [-0.15, -0.1) is 0 Å². The van der Waals surface area contributed by atoms with Crippen molar-refractivity contribution in [2.45, 2.75) is 70.1 Å². The maximum atomic E-state index is 12.1. The molecule has 0 bridgehead atoms. The monoisotopic (exact) mass is 254 g/mol. The van der Waals surface area contributed by atoms with Crippen molar-refractivity contribution in [2.75, 3.05) is 13.1 Å². The molecular formula is C14H26N2O2. The van der Waals surface area contributed by atoms with E-state index < -0.39 is 0 Å². The summed E-state index contributed by atoms with van der Waals surface area (Å²) < 4.78 is 5.98. The quantitative estimate of drug-likeness (QED) is 0.783. The van der Waals surface area contributed by atoms with E-state index in [2.05, 4.69) is 10.6 Å². The van der Waals surface area contributed by atoms with Gasteiger partial charge in [0.15, 0.2) is 0 Å². The molecule has 0 aromatic heterocycles. The van der Waals surface area contributed by atoms with Crippen molar-refractivity contribution in [3.05, 3.63) is 0 Å². The first-order valence-electron chi connectivity index (χ1n) is 7.46. The number of amides is 1. The third-order valence-corrected chi connectivity index (χ3v) is 3.98. The van der Waals surface area contributed by atoms with Gasteiger partial charge in [0, 0.05) is 12.6 Å². The Hall–Kier alpha value is -0.610. The van der Waals surface area contributed by atoms with E-state index in [1.807, 2.05) is 6.92 Å². The molecular weight excluding hydrogens is 228 g/mol. The fourth-order valence-corrected chi connectivity index (χ4v) is 2.85. The number of hydrogen-bond acceptors (Lipinski definition) is 3. The summed E-state index contributed by atoms with van der Waals surface area (Å²) in [5.41, 5.74) is 0. The van der Waals surface area contributed by atoms with Gasteiger partial charge in [0.2, 0.25) is 5.91 Å². The maximum Gasteiger partial charge on any atom is 0.249 e. The van der Waals surface area contributed by atoms with Crippen LogP contribution in [0.1, 0.15) is 51.9 Å². The van der Waals surface area contributed by atoms with Gasteiger partial charge in [-0.25, -0.2) is 0 Å². The Bertz CT molecular complexity index is 259. The van der Waals surface area contributed by atoms with Gasteiger partial charge in [-0.3, -0.25) is 4.79 Å². The second-order valence-corrected chi connectivity index (χ2v) is 5.49. The molecule has 0 aromatic rings. The third-order valence-electron chi connectivity index (χ3n) is 3.98. The Balaban J connectivity index is 1.76. The van der Waals surface area contributed by atoms with E-state index in [1.54, 1.807) is 0 Å². The lowest BCUT2D eigenvalue weighted by atomic mass is 9.97. The predicted molar refractivity (Wildman–Crippen MR) is 71.5 cm³/mol. The maximum absolute atomic E-state index is 12.1. The molecule has 1 saturated carbocycles. The zero-order valence-electron chi connectivity index (χ0n) is 11.4. The highest BCUT2D eigenvalue weighted by atomic mass is 16.5. The molecule has 18 heavy (non-hydrogen) atoms. The van der Waals surface area contributed by atoms with Crippen LogP contribution in [0.15, 0.2) is 0 Å². The largest absolute Gasteiger partial charge is 0.365 e. The molecule has 4 heteroatoms. The normalized spacial score (nSPS) is 27.1. The number of hydrogen-bond donors (Lipinski definition) is 2. The smallest absolute Gasteiger partial charge is 0.249 e. The van der Waals surface area contributed by atoms with Crippen molar-refractivity contribution in [3.8, 4) is 0 Å². The molecule has 1 amide bonds. The van der Waals surface area contributed by atoms with Crippen LogP contribution in [0.4, 0.5) is 0 Å². The Morgan fingerprint density at radius 1 is 1.33 bits per heavy atom. The highest BCUT2D eigenvalue weighted by molar-refractivity contribution is 5.81. The summed E-state index contributed by atoms with van der Waals surface area (Å²) in [5.74, 6) is 0.0803. The first-order chi connectivity index (χ1) is 8.79. The third kappa shape index (κ3) is 3.95. The summed E-state index contributed by atoms with van der Waals surface area (Å²) in [6, 6.07) is 0.293. The molecule has 1 aliphatic heterocycles. The fourth-order valence-electron chi connectivity index (χ4n) is 2.85. The Morgan fingerprint density at radius 3 is 2.72 bits per heavy atom. The van der Waals surface area contributed by atoms with Crippen molar-refractivity contribution in [1.82, 2.24) is 10.6 Å². The SMILES string of the molecule is CCC(OC1CCCCC1)C(=O)NC1CCNC1. The number of carbonyl (C=O) groups excluding carboxylic acids is 1. The molecule has 1 heterocycles. The van der Waals surface area contributed by atoms with E-state index in [1.165, 1.54) is 19.3 Å². The van der Waals surface area contributed by atoms with E-state index in [0.717, 1.165) is 38.8 Å². The van der Waals surface area contributed by atoms with Crippen molar-refractivity contribution in [2.24, 2.45) is 0 Å². The molecule has 2 aliphatic rings. The lowest BCUT2D eigenvalue weighted by Crippen LogP contribution is -2.44. The number of ether oxygens (including phenoxy) is 1. The van der Waals surface area contributed by atoms with Gasteiger partial charge in [0.1, 0.15) is 6.10 Å². The number of rotatable bonds is 5. The second-order valence-electron chi connectivity index (χ2n) is 5.49. The standard InChI is InChI=1S/C14H26N2O2/c1-2-13(18-12-6-4-3-5-7-12)14(17)16-11-8-9-15-10-11/h11-13,15H,2-10H2,1H3,(H,16,17). The average molecular weight is 254 g/mol. The Labute approximate surface area is 110 Å². The molecule has 0 spiro atoms. The molecule has 2 fully saturated rings. The molecule has 1 aliphatic carbocycles. The van der Waals surface area contributed by atoms with Crippen LogP contribution in [0, 0.1) is 0 Å². The minimum Gasteiger partial charge on any atom is -0.365 e. The summed E-state index contributed by atoms with van der Waals surface area (Å²) in [6.45, 7) is 3.93. The molecule has 2 atom stereocenters. The van der Waals surface area contributed by atoms with Crippen LogP contribution >= 0.6 is 0 Å². The minimum absolute atomic E-state index is 0.0803. The molecule has 4 nitrogen and oxygen atoms in total. The molecule has 0 radical (unpaired) electrons. The van der Waals surface area contributed by atoms with Gasteiger partial charge in [-0.2, -0.15) is 0 Å². The molecule has 2 N–H and O–H groups in total. The van der Waals surface area contributed by atoms with Gasteiger partial charge in [-0.1, -0.05) is 26.2 Å². The fraction of sp³-hybridized carbons (Fsp3) is 0.929. The molecule has 2 rings (SSSR count). The molecule has 0 aromatic carbocycles. The Kier molecular flexibility index (Phi) is 5.45. The van der Waals surface area contributed by atoms with E-state index >= 15 is 0 Å². The van der Waals surface area contributed by atoms with Crippen molar-refractivity contribution < 1.29 is 9.53 Å². The zero-order valence-corrected chi connectivity index (χ0v) is 11.4. The minimum atomic E-state index is -0.256. The first kappa shape index (κ1) is 13.8. The van der Waals surface area contributed by atoms with Crippen LogP contribution in [0.25, 0.3) is 0 Å². The van der Waals surface area contributed by atoms with Crippen LogP contribution in [-0.2, 0) is 9.53 Å². The van der Waals surface area contributed by atoms with Crippen molar-refractivity contribution in [1.29, 1.82) is 0 Å². The van der Waals surface area contributed by atoms with E-state index in [-0.39, 0.29) is 12.0 Å². The highest BCUT2D eigenvalue weighted by Gasteiger charge is 2.25. The average Bonchev–Trinajstić information content (AvgIpc) is 2.90. The summed E-state index contributed by atoms with van der Waals surface area (Å²) >= 11 is 0. The van der Waals surface area contributed by atoms with Crippen LogP contribution < -0.4 is 10.6 Å². The second kappa shape index (κ2) is 7.10. The van der Waals surface area contributed by atoms with Gasteiger partial charge in [0.05, 0.1) is 6.10 Å². The molecule has 1 saturated heterocycles. The summed E-state index contributed by atoms with van der Waals surface area (Å²) in [4.78, 5) is 12.1. The van der Waals surface area contributed by atoms with Gasteiger partial charge in [-0.05, 0) is 32.2 Å². The van der Waals surface area contributed by atoms with Crippen molar-refractivity contribution >= 4 is 5.91 Å². The molecule has 2 unspecified atom stereocenters. The van der Waals surface area contributed by atoms with E-state index in [4.69, 9.17) is 4.74 Å². The first-order valence-corrected chi connectivity index (χ1v) is 7.46. The topological polar surface area (TPSA) is 50.4 Å². The van der Waals surface area contributed by atoms with Crippen LogP contribution in [0.5, 0.6) is 0 Å². The van der Waals surface area contributed by atoms with Gasteiger partial charge >= 0.3 is 0 Å². The lowest BCUT2D eigenvalue weighted by molar-refractivity contribution is -0.139. The predicted octanol–water partition coefficient (Wildman–Crippen LogP) is 1.59. The summed E-state index contributed by atoms with van der Waals surface area (Å²) in [7, 11) is 0. The lowest BCUT2D eigenvalue weighted by Gasteiger charge is -2.27. The highest BCUT2D eigenvalue weighted by Crippen LogP contribution is 2.22. The van der Waals surface area contributed by atoms with Crippen LogP contribution in [0.3, 0.4) is 0 Å². The number of carbonyl (C=O) groups is 1. The van der Waals surface area contributed by atoms with Crippen LogP contribution in [0.2, 0.25) is 0 Å². The van der Waals surface area contributed by atoms with Crippen molar-refractivity contribution in [3.63, 3.8) is 0 Å². The Morgan fingerprint density at radius 2 is 2.11 bits per heavy atom. The van der Waals surface area contributed by atoms with Gasteiger partial charge < -0.3 is 15.4 Å². The number of nitrogens with one attached hydrogen (secondary N) is 2. The molecule has 104 valence electrons. The van der Waals surface area contributed by atoms with E-state index in [0.29, 0.717) is 12.1 Å². The summed E-state index contributed by atoms with van der Waals surface area (Å²) in [5, 5.41) is 6.35. The van der Waals surface area contributed by atoms with Gasteiger partial charge in [0.25, 0.3) is 0 Å². The summed E-state index contributed by atoms with van der Waals surface area (Å²) in [6.07, 6.45) is 7.89.